The average Bonchev–Trinajstić information content (AvgIpc) is 2.28. The van der Waals surface area contributed by atoms with Gasteiger partial charge in [-0.3, -0.25) is 4.79 Å². The molecule has 5 nitrogen and oxygen atoms in total. The summed E-state index contributed by atoms with van der Waals surface area (Å²) in [5.74, 6) is -0.0758. The number of hydrogen-bond donors (Lipinski definition) is 2. The van der Waals surface area contributed by atoms with Crippen molar-refractivity contribution in [3.05, 3.63) is 0 Å². The van der Waals surface area contributed by atoms with Crippen molar-refractivity contribution in [2.24, 2.45) is 0 Å². The fraction of sp³-hybridized carbons (Fsp3) is 0.917. The van der Waals surface area contributed by atoms with E-state index in [0.29, 0.717) is 12.6 Å². The fourth-order valence-corrected chi connectivity index (χ4v) is 1.92. The zero-order valence-electron chi connectivity index (χ0n) is 11.0. The third-order valence-electron chi connectivity index (χ3n) is 2.89. The second kappa shape index (κ2) is 7.63. The number of ether oxygens (including phenoxy) is 2. The van der Waals surface area contributed by atoms with Crippen LogP contribution in [0.5, 0.6) is 0 Å². The molecule has 1 rings (SSSR count). The van der Waals surface area contributed by atoms with Crippen LogP contribution in [0.25, 0.3) is 0 Å². The van der Waals surface area contributed by atoms with Crippen LogP contribution in [0.4, 0.5) is 0 Å². The smallest absolute Gasteiger partial charge is 0.246 e. The predicted molar refractivity (Wildman–Crippen MR) is 65.9 cm³/mol. The Kier molecular flexibility index (Phi) is 6.47. The van der Waals surface area contributed by atoms with E-state index in [-0.39, 0.29) is 24.7 Å². The summed E-state index contributed by atoms with van der Waals surface area (Å²) < 4.78 is 10.5. The van der Waals surface area contributed by atoms with Gasteiger partial charge in [0, 0.05) is 25.7 Å². The minimum atomic E-state index is -0.0758. The fourth-order valence-electron chi connectivity index (χ4n) is 1.92. The molecule has 1 saturated heterocycles. The summed E-state index contributed by atoms with van der Waals surface area (Å²) in [7, 11) is 1.62. The van der Waals surface area contributed by atoms with Crippen molar-refractivity contribution in [3.63, 3.8) is 0 Å². The average molecular weight is 244 g/mol. The van der Waals surface area contributed by atoms with E-state index in [0.717, 1.165) is 19.4 Å². The first-order valence-corrected chi connectivity index (χ1v) is 6.25. The normalized spacial score (nSPS) is 26.5. The number of methoxy groups -OCH3 is 1. The maximum atomic E-state index is 11.5. The number of piperidine rings is 1. The molecule has 0 aromatic heterocycles. The monoisotopic (exact) mass is 244 g/mol. The zero-order chi connectivity index (χ0) is 12.7. The molecule has 1 fully saturated rings. The number of rotatable bonds is 6. The van der Waals surface area contributed by atoms with Crippen LogP contribution in [-0.2, 0) is 14.3 Å². The first-order chi connectivity index (χ1) is 8.11. The summed E-state index contributed by atoms with van der Waals surface area (Å²) in [6.45, 7) is 5.56. The molecule has 0 radical (unpaired) electrons. The molecule has 0 aromatic rings. The molecule has 5 heteroatoms. The zero-order valence-corrected chi connectivity index (χ0v) is 11.0. The summed E-state index contributed by atoms with van der Waals surface area (Å²) in [5.41, 5.74) is 0. The van der Waals surface area contributed by atoms with Gasteiger partial charge in [-0.15, -0.1) is 0 Å². The Labute approximate surface area is 103 Å². The van der Waals surface area contributed by atoms with Gasteiger partial charge in [0.15, 0.2) is 0 Å². The molecule has 100 valence electrons. The standard InChI is InChI=1S/C12H24N2O3/c1-9-4-5-11(6-13-9)17-8-12(15)14-10(2)7-16-3/h9-11,13H,4-8H2,1-3H3,(H,14,15). The molecule has 2 N–H and O–H groups in total. The lowest BCUT2D eigenvalue weighted by atomic mass is 10.0. The van der Waals surface area contributed by atoms with Crippen LogP contribution in [0.15, 0.2) is 0 Å². The molecule has 1 aliphatic rings. The quantitative estimate of drug-likeness (QED) is 0.705. The van der Waals surface area contributed by atoms with Crippen LogP contribution in [0, 0.1) is 0 Å². The minimum Gasteiger partial charge on any atom is -0.383 e. The lowest BCUT2D eigenvalue weighted by Crippen LogP contribution is -2.43. The summed E-state index contributed by atoms with van der Waals surface area (Å²) in [5, 5.41) is 6.16. The molecule has 0 bridgehead atoms. The highest BCUT2D eigenvalue weighted by molar-refractivity contribution is 5.77. The molecule has 0 aliphatic carbocycles. The topological polar surface area (TPSA) is 59.6 Å². The van der Waals surface area contributed by atoms with Gasteiger partial charge in [-0.05, 0) is 26.7 Å². The molecule has 1 aliphatic heterocycles. The Hall–Kier alpha value is -0.650. The van der Waals surface area contributed by atoms with Crippen LogP contribution in [-0.4, -0.2) is 51.0 Å². The molecule has 1 heterocycles. The van der Waals surface area contributed by atoms with E-state index in [9.17, 15) is 4.79 Å². The van der Waals surface area contributed by atoms with Gasteiger partial charge in [-0.2, -0.15) is 0 Å². The maximum absolute atomic E-state index is 11.5. The molecule has 1 amide bonds. The summed E-state index contributed by atoms with van der Waals surface area (Å²) >= 11 is 0. The molecule has 0 aromatic carbocycles. The summed E-state index contributed by atoms with van der Waals surface area (Å²) in [6, 6.07) is 0.589. The Bertz CT molecular complexity index is 228. The number of nitrogens with one attached hydrogen (secondary N) is 2. The van der Waals surface area contributed by atoms with Gasteiger partial charge in [0.1, 0.15) is 6.61 Å². The lowest BCUT2D eigenvalue weighted by Gasteiger charge is -2.27. The second-order valence-electron chi connectivity index (χ2n) is 4.74. The van der Waals surface area contributed by atoms with Crippen molar-refractivity contribution >= 4 is 5.91 Å². The molecular formula is C12H24N2O3. The molecule has 0 saturated carbocycles. The molecular weight excluding hydrogens is 220 g/mol. The van der Waals surface area contributed by atoms with E-state index < -0.39 is 0 Å². The van der Waals surface area contributed by atoms with Crippen molar-refractivity contribution in [3.8, 4) is 0 Å². The Morgan fingerprint density at radius 1 is 1.53 bits per heavy atom. The van der Waals surface area contributed by atoms with E-state index in [1.54, 1.807) is 7.11 Å². The van der Waals surface area contributed by atoms with E-state index in [4.69, 9.17) is 9.47 Å². The minimum absolute atomic E-state index is 0.0283. The van der Waals surface area contributed by atoms with E-state index in [1.165, 1.54) is 0 Å². The molecule has 0 spiro atoms. The molecule has 3 atom stereocenters. The summed E-state index contributed by atoms with van der Waals surface area (Å²) in [6.07, 6.45) is 2.29. The number of carbonyl (C=O) groups excluding carboxylic acids is 1. The Balaban J connectivity index is 2.11. The van der Waals surface area contributed by atoms with E-state index in [2.05, 4.69) is 17.6 Å². The maximum Gasteiger partial charge on any atom is 0.246 e. The van der Waals surface area contributed by atoms with Crippen molar-refractivity contribution in [1.29, 1.82) is 0 Å². The van der Waals surface area contributed by atoms with Gasteiger partial charge in [0.2, 0.25) is 5.91 Å². The van der Waals surface area contributed by atoms with Gasteiger partial charge < -0.3 is 20.1 Å². The van der Waals surface area contributed by atoms with Crippen LogP contribution in [0.3, 0.4) is 0 Å². The van der Waals surface area contributed by atoms with Gasteiger partial charge in [-0.25, -0.2) is 0 Å². The highest BCUT2D eigenvalue weighted by atomic mass is 16.5. The largest absolute Gasteiger partial charge is 0.383 e. The third kappa shape index (κ3) is 6.00. The number of amides is 1. The van der Waals surface area contributed by atoms with Crippen LogP contribution in [0.1, 0.15) is 26.7 Å². The van der Waals surface area contributed by atoms with Gasteiger partial charge in [0.25, 0.3) is 0 Å². The van der Waals surface area contributed by atoms with E-state index >= 15 is 0 Å². The SMILES string of the molecule is COCC(C)NC(=O)COC1CCC(C)NC1. The first kappa shape index (κ1) is 14.4. The highest BCUT2D eigenvalue weighted by Crippen LogP contribution is 2.10. The molecule has 3 unspecified atom stereocenters. The van der Waals surface area contributed by atoms with Crippen LogP contribution >= 0.6 is 0 Å². The summed E-state index contributed by atoms with van der Waals surface area (Å²) in [4.78, 5) is 11.5. The number of carbonyl (C=O) groups is 1. The molecule has 17 heavy (non-hydrogen) atoms. The van der Waals surface area contributed by atoms with Crippen LogP contribution in [0.2, 0.25) is 0 Å². The van der Waals surface area contributed by atoms with Crippen molar-refractivity contribution in [1.82, 2.24) is 10.6 Å². The predicted octanol–water partition coefficient (Wildman–Crippen LogP) is 0.295. The van der Waals surface area contributed by atoms with E-state index in [1.807, 2.05) is 6.92 Å². The number of hydrogen-bond acceptors (Lipinski definition) is 4. The second-order valence-corrected chi connectivity index (χ2v) is 4.74. The third-order valence-corrected chi connectivity index (χ3v) is 2.89. The van der Waals surface area contributed by atoms with Crippen LogP contribution < -0.4 is 10.6 Å². The lowest BCUT2D eigenvalue weighted by molar-refractivity contribution is -0.129. The van der Waals surface area contributed by atoms with Crippen molar-refractivity contribution < 1.29 is 14.3 Å². The van der Waals surface area contributed by atoms with Gasteiger partial charge in [0.05, 0.1) is 12.7 Å². The Morgan fingerprint density at radius 3 is 2.88 bits per heavy atom. The first-order valence-electron chi connectivity index (χ1n) is 6.25. The van der Waals surface area contributed by atoms with Crippen molar-refractivity contribution in [2.75, 3.05) is 26.9 Å². The Morgan fingerprint density at radius 2 is 2.29 bits per heavy atom. The highest BCUT2D eigenvalue weighted by Gasteiger charge is 2.19. The van der Waals surface area contributed by atoms with Crippen molar-refractivity contribution in [2.45, 2.75) is 44.9 Å². The van der Waals surface area contributed by atoms with Gasteiger partial charge in [-0.1, -0.05) is 0 Å². The van der Waals surface area contributed by atoms with Gasteiger partial charge >= 0.3 is 0 Å².